The number of nitrogens with one attached hydrogen (secondary N) is 1. The van der Waals surface area contributed by atoms with Crippen molar-refractivity contribution in [3.05, 3.63) is 87.1 Å². The fourth-order valence-corrected chi connectivity index (χ4v) is 3.58. The zero-order valence-electron chi connectivity index (χ0n) is 13.0. The van der Waals surface area contributed by atoms with Gasteiger partial charge in [-0.2, -0.15) is 0 Å². The van der Waals surface area contributed by atoms with E-state index in [1.807, 2.05) is 47.0 Å². The van der Waals surface area contributed by atoms with Gasteiger partial charge in [-0.05, 0) is 29.2 Å². The van der Waals surface area contributed by atoms with Gasteiger partial charge in [0.2, 0.25) is 5.65 Å². The van der Waals surface area contributed by atoms with Crippen molar-refractivity contribution in [1.29, 1.82) is 0 Å². The molecular formula is C20H12ClN3O. The highest BCUT2D eigenvalue weighted by atomic mass is 35.5. The van der Waals surface area contributed by atoms with Gasteiger partial charge in [-0.25, -0.2) is 4.98 Å². The smallest absolute Gasteiger partial charge is 0.292 e. The fraction of sp³-hybridized carbons (Fsp3) is 0. The molecule has 0 spiro atoms. The topological polar surface area (TPSA) is 50.2 Å². The van der Waals surface area contributed by atoms with Crippen LogP contribution in [0.25, 0.3) is 33.5 Å². The molecule has 0 radical (unpaired) electrons. The van der Waals surface area contributed by atoms with Crippen LogP contribution in [-0.2, 0) is 0 Å². The number of fused-ring (bicyclic) bond motifs is 5. The molecule has 4 nitrogen and oxygen atoms in total. The van der Waals surface area contributed by atoms with E-state index in [0.29, 0.717) is 10.7 Å². The number of H-pyrrole nitrogens is 1. The maximum atomic E-state index is 12.4. The van der Waals surface area contributed by atoms with Crippen molar-refractivity contribution >= 4 is 45.1 Å². The zero-order chi connectivity index (χ0) is 17.0. The predicted octanol–water partition coefficient (Wildman–Crippen LogP) is 3.53. The highest BCUT2D eigenvalue weighted by Crippen LogP contribution is 2.25. The first kappa shape index (κ1) is 14.3. The molecule has 0 fully saturated rings. The van der Waals surface area contributed by atoms with Crippen molar-refractivity contribution in [3.63, 3.8) is 0 Å². The minimum absolute atomic E-state index is 0.212. The third-order valence-corrected chi connectivity index (χ3v) is 4.70. The summed E-state index contributed by atoms with van der Waals surface area (Å²) < 4.78 is 1.84. The second kappa shape index (κ2) is 5.19. The number of hydrogen-bond acceptors (Lipinski definition) is 2. The molecule has 0 amide bonds. The Kier molecular flexibility index (Phi) is 2.96. The summed E-state index contributed by atoms with van der Waals surface area (Å²) in [6, 6.07) is 15.9. The van der Waals surface area contributed by atoms with E-state index in [0.717, 1.165) is 32.6 Å². The number of aromatic nitrogens is 3. The summed E-state index contributed by atoms with van der Waals surface area (Å²) in [4.78, 5) is 19.5. The SMILES string of the molecule is O=c1[nH]c2c3cc(Cl)ccc3/c(=C\c3ccccc3)c2n2ccnc12. The van der Waals surface area contributed by atoms with Gasteiger partial charge < -0.3 is 4.98 Å². The first-order chi connectivity index (χ1) is 12.2. The summed E-state index contributed by atoms with van der Waals surface area (Å²) in [6.07, 6.45) is 5.58. The number of aromatic amines is 1. The third-order valence-electron chi connectivity index (χ3n) is 4.47. The average Bonchev–Trinajstić information content (AvgIpc) is 3.20. The van der Waals surface area contributed by atoms with Crippen LogP contribution in [0, 0.1) is 0 Å². The van der Waals surface area contributed by atoms with Gasteiger partial charge >= 0.3 is 0 Å². The highest BCUT2D eigenvalue weighted by molar-refractivity contribution is 6.32. The van der Waals surface area contributed by atoms with E-state index in [1.54, 1.807) is 6.20 Å². The van der Waals surface area contributed by atoms with Crippen LogP contribution in [0.4, 0.5) is 0 Å². The summed E-state index contributed by atoms with van der Waals surface area (Å²) in [5, 5.41) is 3.64. The molecule has 1 N–H and O–H groups in total. The highest BCUT2D eigenvalue weighted by Gasteiger charge is 2.14. The second-order valence-corrected chi connectivity index (χ2v) is 6.39. The Morgan fingerprint density at radius 3 is 2.76 bits per heavy atom. The monoisotopic (exact) mass is 345 g/mol. The Morgan fingerprint density at radius 1 is 1.08 bits per heavy atom. The standard InChI is InChI=1S/C20H12ClN3O/c21-13-6-7-14-15(11-13)17-18(16(14)10-12-4-2-1-3-5-12)24-9-8-22-19(24)20(25)23-17/h1-11H,(H,23,25)/b16-10+. The van der Waals surface area contributed by atoms with Crippen LogP contribution < -0.4 is 10.8 Å². The number of hydrogen-bond donors (Lipinski definition) is 1. The fourth-order valence-electron chi connectivity index (χ4n) is 3.41. The maximum absolute atomic E-state index is 12.4. The second-order valence-electron chi connectivity index (χ2n) is 5.96. The molecular weight excluding hydrogens is 334 g/mol. The van der Waals surface area contributed by atoms with E-state index in [9.17, 15) is 4.79 Å². The lowest BCUT2D eigenvalue weighted by Crippen LogP contribution is -2.13. The first-order valence-corrected chi connectivity index (χ1v) is 8.27. The molecule has 0 saturated carbocycles. The lowest BCUT2D eigenvalue weighted by molar-refractivity contribution is 1.17. The molecule has 0 aliphatic heterocycles. The van der Waals surface area contributed by atoms with Crippen LogP contribution in [0.2, 0.25) is 5.02 Å². The van der Waals surface area contributed by atoms with Gasteiger partial charge in [-0.15, -0.1) is 0 Å². The van der Waals surface area contributed by atoms with Crippen LogP contribution in [-0.4, -0.2) is 14.4 Å². The summed E-state index contributed by atoms with van der Waals surface area (Å²) in [6.45, 7) is 0. The number of nitrogens with zero attached hydrogens (tertiary/aromatic N) is 2. The molecule has 2 aromatic heterocycles. The van der Waals surface area contributed by atoms with E-state index in [1.165, 1.54) is 0 Å². The molecule has 25 heavy (non-hydrogen) atoms. The Bertz CT molecular complexity index is 1370. The minimum atomic E-state index is -0.212. The van der Waals surface area contributed by atoms with Crippen molar-refractivity contribution in [2.24, 2.45) is 0 Å². The average molecular weight is 346 g/mol. The van der Waals surface area contributed by atoms with Crippen molar-refractivity contribution in [1.82, 2.24) is 14.4 Å². The van der Waals surface area contributed by atoms with E-state index in [4.69, 9.17) is 11.6 Å². The predicted molar refractivity (Wildman–Crippen MR) is 101 cm³/mol. The van der Waals surface area contributed by atoms with Gasteiger partial charge in [-0.3, -0.25) is 9.20 Å². The Labute approximate surface area is 147 Å². The van der Waals surface area contributed by atoms with Gasteiger partial charge in [0.15, 0.2) is 0 Å². The zero-order valence-corrected chi connectivity index (χ0v) is 13.8. The number of halogens is 1. The number of benzene rings is 2. The van der Waals surface area contributed by atoms with Crippen molar-refractivity contribution in [2.75, 3.05) is 0 Å². The molecule has 0 unspecified atom stereocenters. The summed E-state index contributed by atoms with van der Waals surface area (Å²) in [7, 11) is 0. The Hall–Kier alpha value is -3.11. The van der Waals surface area contributed by atoms with Crippen molar-refractivity contribution < 1.29 is 0 Å². The van der Waals surface area contributed by atoms with Gasteiger partial charge in [0, 0.05) is 28.0 Å². The van der Waals surface area contributed by atoms with Crippen LogP contribution in [0.3, 0.4) is 0 Å². The van der Waals surface area contributed by atoms with Crippen molar-refractivity contribution in [3.8, 4) is 0 Å². The van der Waals surface area contributed by atoms with E-state index in [2.05, 4.69) is 28.2 Å². The quantitative estimate of drug-likeness (QED) is 0.505. The molecule has 5 aromatic rings. The lowest BCUT2D eigenvalue weighted by Gasteiger charge is -1.98. The molecule has 0 atom stereocenters. The molecule has 0 saturated heterocycles. The molecule has 2 heterocycles. The normalized spacial score (nSPS) is 12.6. The number of rotatable bonds is 1. The van der Waals surface area contributed by atoms with Crippen LogP contribution in [0.5, 0.6) is 0 Å². The molecule has 0 aliphatic rings. The van der Waals surface area contributed by atoms with E-state index < -0.39 is 0 Å². The van der Waals surface area contributed by atoms with Crippen LogP contribution in [0.15, 0.2) is 65.7 Å². The molecule has 0 aliphatic carbocycles. The summed E-state index contributed by atoms with van der Waals surface area (Å²) in [5.41, 5.74) is 2.96. The van der Waals surface area contributed by atoms with Gasteiger partial charge in [0.05, 0.1) is 11.0 Å². The molecule has 3 aromatic carbocycles. The van der Waals surface area contributed by atoms with Gasteiger partial charge in [-0.1, -0.05) is 48.0 Å². The van der Waals surface area contributed by atoms with Gasteiger partial charge in [0.25, 0.3) is 5.56 Å². The van der Waals surface area contributed by atoms with E-state index >= 15 is 0 Å². The molecule has 120 valence electrons. The first-order valence-electron chi connectivity index (χ1n) is 7.89. The summed E-state index contributed by atoms with van der Waals surface area (Å²) in [5.74, 6) is 0. The van der Waals surface area contributed by atoms with E-state index in [-0.39, 0.29) is 5.56 Å². The van der Waals surface area contributed by atoms with Crippen LogP contribution >= 0.6 is 11.6 Å². The van der Waals surface area contributed by atoms with Crippen LogP contribution in [0.1, 0.15) is 5.56 Å². The van der Waals surface area contributed by atoms with Crippen molar-refractivity contribution in [2.45, 2.75) is 0 Å². The largest absolute Gasteiger partial charge is 0.317 e. The molecule has 0 bridgehead atoms. The van der Waals surface area contributed by atoms with Gasteiger partial charge in [0.1, 0.15) is 0 Å². The Balaban J connectivity index is 2.09. The lowest BCUT2D eigenvalue weighted by atomic mass is 10.1. The maximum Gasteiger partial charge on any atom is 0.292 e. The molecule has 5 heteroatoms. The minimum Gasteiger partial charge on any atom is -0.317 e. The Morgan fingerprint density at radius 2 is 1.92 bits per heavy atom. The number of imidazole rings is 1. The molecule has 5 rings (SSSR count). The third kappa shape index (κ3) is 2.08. The summed E-state index contributed by atoms with van der Waals surface area (Å²) >= 11 is 6.20.